The number of thiazole rings is 1. The number of rotatable bonds is 6. The lowest BCUT2D eigenvalue weighted by molar-refractivity contribution is 0.0940. The van der Waals surface area contributed by atoms with Crippen molar-refractivity contribution in [1.29, 1.82) is 0 Å². The van der Waals surface area contributed by atoms with E-state index in [1.54, 1.807) is 4.40 Å². The lowest BCUT2D eigenvalue weighted by atomic mass is 10.1. The van der Waals surface area contributed by atoms with E-state index in [1.807, 2.05) is 34.1 Å². The van der Waals surface area contributed by atoms with Gasteiger partial charge in [-0.05, 0) is 37.6 Å². The number of benzene rings is 1. The maximum Gasteiger partial charge on any atom is 0.258 e. The summed E-state index contributed by atoms with van der Waals surface area (Å²) in [4.78, 5) is 36.1. The Morgan fingerprint density at radius 1 is 1.22 bits per heavy atom. The number of ether oxygens (including phenoxy) is 1. The zero-order valence-electron chi connectivity index (χ0n) is 20.2. The maximum atomic E-state index is 15.3. The average Bonchev–Trinajstić information content (AvgIpc) is 3.52. The Morgan fingerprint density at radius 2 is 2.03 bits per heavy atom. The zero-order valence-corrected chi connectivity index (χ0v) is 21.0. The van der Waals surface area contributed by atoms with Crippen LogP contribution in [0.3, 0.4) is 0 Å². The van der Waals surface area contributed by atoms with E-state index in [0.717, 1.165) is 29.6 Å². The van der Waals surface area contributed by atoms with Crippen molar-refractivity contribution in [3.05, 3.63) is 51.9 Å². The third-order valence-corrected chi connectivity index (χ3v) is 8.40. The second kappa shape index (κ2) is 9.96. The minimum absolute atomic E-state index is 0.0240. The van der Waals surface area contributed by atoms with Crippen molar-refractivity contribution in [2.24, 2.45) is 0 Å². The number of hydrogen-bond donors (Lipinski definition) is 1. The molecule has 2 aliphatic rings. The lowest BCUT2D eigenvalue weighted by Crippen LogP contribution is -2.42. The average molecular weight is 528 g/mol. The third kappa shape index (κ3) is 4.24. The highest BCUT2D eigenvalue weighted by Crippen LogP contribution is 2.32. The van der Waals surface area contributed by atoms with Crippen LogP contribution in [0.5, 0.6) is 0 Å². The van der Waals surface area contributed by atoms with Crippen LogP contribution < -0.4 is 15.6 Å². The normalized spacial score (nSPS) is 18.9. The Morgan fingerprint density at radius 3 is 2.84 bits per heavy atom. The summed E-state index contributed by atoms with van der Waals surface area (Å²) in [6, 6.07) is 8.82. The van der Waals surface area contributed by atoms with E-state index in [1.165, 1.54) is 17.4 Å². The van der Waals surface area contributed by atoms with Crippen LogP contribution in [0.4, 0.5) is 14.6 Å². The molecule has 6 rings (SSSR count). The fourth-order valence-corrected chi connectivity index (χ4v) is 6.61. The first kappa shape index (κ1) is 24.2. The molecule has 194 valence electrons. The van der Waals surface area contributed by atoms with Gasteiger partial charge in [-0.3, -0.25) is 18.9 Å². The van der Waals surface area contributed by atoms with Gasteiger partial charge in [0.05, 0.1) is 28.8 Å². The number of amides is 1. The SMILES string of the molecule is O=C(NCC1CCCN1CCF)c1c(=O)c2cc(F)c(N3CCOCC3)nc2n2c1sc1ccccc12. The highest BCUT2D eigenvalue weighted by molar-refractivity contribution is 7.24. The molecule has 1 aromatic carbocycles. The number of fused-ring (bicyclic) bond motifs is 5. The first-order valence-electron chi connectivity index (χ1n) is 12.5. The standard InChI is InChI=1S/C26H27F2N5O3S/c27-7-9-31-8-3-4-16(31)15-29-25(35)21-22(34)17-14-18(28)24(32-10-12-36-13-11-32)30-23(17)33-19-5-1-2-6-20(19)37-26(21)33/h1-2,5-6,14,16H,3-4,7-13,15H2,(H,29,35). The minimum Gasteiger partial charge on any atom is -0.378 e. The fraction of sp³-hybridized carbons (Fsp3) is 0.423. The Labute approximate surface area is 215 Å². The Hall–Kier alpha value is -3.15. The van der Waals surface area contributed by atoms with Crippen molar-refractivity contribution in [2.75, 3.05) is 57.5 Å². The molecule has 1 unspecified atom stereocenters. The number of anilines is 1. The number of carbonyl (C=O) groups is 1. The summed E-state index contributed by atoms with van der Waals surface area (Å²) >= 11 is 1.33. The summed E-state index contributed by atoms with van der Waals surface area (Å²) in [7, 11) is 0. The number of likely N-dealkylation sites (tertiary alicyclic amines) is 1. The first-order chi connectivity index (χ1) is 18.1. The molecular weight excluding hydrogens is 500 g/mol. The third-order valence-electron chi connectivity index (χ3n) is 7.26. The molecule has 5 heterocycles. The van der Waals surface area contributed by atoms with Gasteiger partial charge in [-0.1, -0.05) is 12.1 Å². The molecule has 1 amide bonds. The molecule has 0 bridgehead atoms. The second-order valence-electron chi connectivity index (χ2n) is 9.41. The molecule has 4 aromatic rings. The molecular formula is C26H27F2N5O3S. The minimum atomic E-state index is -0.606. The van der Waals surface area contributed by atoms with Crippen LogP contribution in [0.1, 0.15) is 23.2 Å². The van der Waals surface area contributed by atoms with Gasteiger partial charge in [0.25, 0.3) is 5.91 Å². The Kier molecular flexibility index (Phi) is 6.51. The number of morpholine rings is 1. The summed E-state index contributed by atoms with van der Waals surface area (Å²) in [6.07, 6.45) is 1.80. The summed E-state index contributed by atoms with van der Waals surface area (Å²) in [5, 5.41) is 2.96. The maximum absolute atomic E-state index is 15.3. The highest BCUT2D eigenvalue weighted by Gasteiger charge is 2.28. The first-order valence-corrected chi connectivity index (χ1v) is 13.4. The van der Waals surface area contributed by atoms with Gasteiger partial charge in [0, 0.05) is 32.2 Å². The Bertz CT molecular complexity index is 1550. The fourth-order valence-electron chi connectivity index (χ4n) is 5.42. The van der Waals surface area contributed by atoms with Crippen molar-refractivity contribution in [3.8, 4) is 0 Å². The summed E-state index contributed by atoms with van der Waals surface area (Å²) < 4.78 is 36.3. The molecule has 11 heteroatoms. The summed E-state index contributed by atoms with van der Waals surface area (Å²) in [5.74, 6) is -0.948. The molecule has 3 aromatic heterocycles. The van der Waals surface area contributed by atoms with Gasteiger partial charge in [-0.25, -0.2) is 13.8 Å². The number of para-hydroxylation sites is 1. The van der Waals surface area contributed by atoms with Crippen LogP contribution >= 0.6 is 11.3 Å². The number of nitrogens with one attached hydrogen (secondary N) is 1. The van der Waals surface area contributed by atoms with Crippen LogP contribution in [-0.2, 0) is 4.74 Å². The number of halogens is 2. The molecule has 2 saturated heterocycles. The van der Waals surface area contributed by atoms with Crippen LogP contribution in [-0.4, -0.2) is 78.8 Å². The van der Waals surface area contributed by atoms with Crippen LogP contribution in [0.25, 0.3) is 26.1 Å². The van der Waals surface area contributed by atoms with E-state index < -0.39 is 23.8 Å². The van der Waals surface area contributed by atoms with Gasteiger partial charge < -0.3 is 15.0 Å². The molecule has 2 aliphatic heterocycles. The van der Waals surface area contributed by atoms with Gasteiger partial charge in [-0.2, -0.15) is 0 Å². The predicted molar refractivity (Wildman–Crippen MR) is 140 cm³/mol. The number of hydrogen-bond acceptors (Lipinski definition) is 7. The van der Waals surface area contributed by atoms with Crippen molar-refractivity contribution in [1.82, 2.24) is 19.6 Å². The van der Waals surface area contributed by atoms with Gasteiger partial charge >= 0.3 is 0 Å². The molecule has 0 saturated carbocycles. The summed E-state index contributed by atoms with van der Waals surface area (Å²) in [6.45, 7) is 2.94. The van der Waals surface area contributed by atoms with Gasteiger partial charge in [0.2, 0.25) is 5.43 Å². The molecule has 1 N–H and O–H groups in total. The van der Waals surface area contributed by atoms with Crippen molar-refractivity contribution < 1.29 is 18.3 Å². The predicted octanol–water partition coefficient (Wildman–Crippen LogP) is 3.20. The van der Waals surface area contributed by atoms with Crippen molar-refractivity contribution in [2.45, 2.75) is 18.9 Å². The van der Waals surface area contributed by atoms with Crippen LogP contribution in [0.2, 0.25) is 0 Å². The largest absolute Gasteiger partial charge is 0.378 e. The van der Waals surface area contributed by atoms with E-state index in [9.17, 15) is 14.0 Å². The van der Waals surface area contributed by atoms with E-state index in [4.69, 9.17) is 4.74 Å². The molecule has 37 heavy (non-hydrogen) atoms. The van der Waals surface area contributed by atoms with E-state index in [0.29, 0.717) is 49.9 Å². The van der Waals surface area contributed by atoms with Crippen LogP contribution in [0, 0.1) is 5.82 Å². The molecule has 2 fully saturated rings. The molecule has 1 atom stereocenters. The zero-order chi connectivity index (χ0) is 25.5. The number of alkyl halides is 1. The van der Waals surface area contributed by atoms with E-state index in [-0.39, 0.29) is 22.8 Å². The smallest absolute Gasteiger partial charge is 0.258 e. The monoisotopic (exact) mass is 527 g/mol. The number of aromatic nitrogens is 2. The molecule has 0 aliphatic carbocycles. The van der Waals surface area contributed by atoms with Gasteiger partial charge in [0.1, 0.15) is 17.1 Å². The number of nitrogens with zero attached hydrogens (tertiary/aromatic N) is 4. The van der Waals surface area contributed by atoms with E-state index >= 15 is 4.39 Å². The lowest BCUT2D eigenvalue weighted by Gasteiger charge is -2.28. The summed E-state index contributed by atoms with van der Waals surface area (Å²) in [5.41, 5.74) is 0.537. The Balaban J connectivity index is 1.48. The highest BCUT2D eigenvalue weighted by atomic mass is 32.1. The van der Waals surface area contributed by atoms with Gasteiger partial charge in [0.15, 0.2) is 17.3 Å². The van der Waals surface area contributed by atoms with Crippen LogP contribution in [0.15, 0.2) is 35.1 Å². The molecule has 0 radical (unpaired) electrons. The molecule has 8 nitrogen and oxygen atoms in total. The number of carbonyl (C=O) groups excluding carboxylic acids is 1. The second-order valence-corrected chi connectivity index (χ2v) is 10.4. The molecule has 0 spiro atoms. The van der Waals surface area contributed by atoms with Crippen molar-refractivity contribution >= 4 is 49.1 Å². The van der Waals surface area contributed by atoms with Gasteiger partial charge in [-0.15, -0.1) is 11.3 Å². The van der Waals surface area contributed by atoms with E-state index in [2.05, 4.69) is 10.3 Å². The number of pyridine rings is 2. The quantitative estimate of drug-likeness (QED) is 0.415. The van der Waals surface area contributed by atoms with Crippen molar-refractivity contribution in [3.63, 3.8) is 0 Å². The topological polar surface area (TPSA) is 79.2 Å².